The van der Waals surface area contributed by atoms with Crippen molar-refractivity contribution in [1.82, 2.24) is 0 Å². The van der Waals surface area contributed by atoms with Gasteiger partial charge in [-0.1, -0.05) is 66.7 Å². The van der Waals surface area contributed by atoms with Gasteiger partial charge in [0.15, 0.2) is 17.3 Å². The number of allylic oxidation sites excluding steroid dienone is 1. The number of ether oxygens (including phenoxy) is 3. The van der Waals surface area contributed by atoms with Crippen molar-refractivity contribution in [2.24, 2.45) is 0 Å². The molecular weight excluding hydrogens is 352 g/mol. The average molecular weight is 374 g/mol. The minimum atomic E-state index is -0.0667. The highest BCUT2D eigenvalue weighted by atomic mass is 16.5. The molecule has 28 heavy (non-hydrogen) atoms. The lowest BCUT2D eigenvalue weighted by Crippen LogP contribution is -2.00. The van der Waals surface area contributed by atoms with Gasteiger partial charge in [-0.3, -0.25) is 4.79 Å². The van der Waals surface area contributed by atoms with Gasteiger partial charge in [-0.05, 0) is 29.3 Å². The van der Waals surface area contributed by atoms with Gasteiger partial charge in [0.1, 0.15) is 6.61 Å². The minimum absolute atomic E-state index is 0.0667. The van der Waals surface area contributed by atoms with Gasteiger partial charge in [0, 0.05) is 5.56 Å². The number of carbonyl (C=O) groups excluding carboxylic acids is 1. The Hall–Kier alpha value is -3.53. The molecule has 0 N–H and O–H groups in total. The van der Waals surface area contributed by atoms with E-state index in [-0.39, 0.29) is 5.78 Å². The van der Waals surface area contributed by atoms with E-state index in [1.807, 2.05) is 60.7 Å². The molecule has 0 aromatic heterocycles. The summed E-state index contributed by atoms with van der Waals surface area (Å²) in [6.07, 6.45) is 3.27. The maximum absolute atomic E-state index is 12.3. The smallest absolute Gasteiger partial charge is 0.203 e. The van der Waals surface area contributed by atoms with Gasteiger partial charge in [-0.15, -0.1) is 0 Å². The van der Waals surface area contributed by atoms with Gasteiger partial charge in [-0.25, -0.2) is 0 Å². The molecule has 0 atom stereocenters. The summed E-state index contributed by atoms with van der Waals surface area (Å²) in [7, 11) is 3.15. The van der Waals surface area contributed by atoms with E-state index in [4.69, 9.17) is 14.2 Å². The zero-order valence-corrected chi connectivity index (χ0v) is 15.9. The molecule has 0 aliphatic heterocycles. The third-order valence-corrected chi connectivity index (χ3v) is 4.19. The van der Waals surface area contributed by atoms with Crippen LogP contribution in [0.1, 0.15) is 21.5 Å². The van der Waals surface area contributed by atoms with Crippen LogP contribution in [0.3, 0.4) is 0 Å². The molecule has 0 aliphatic carbocycles. The van der Waals surface area contributed by atoms with Crippen LogP contribution in [0.5, 0.6) is 17.2 Å². The number of methoxy groups -OCH3 is 2. The fourth-order valence-corrected chi connectivity index (χ4v) is 2.74. The van der Waals surface area contributed by atoms with Crippen LogP contribution in [-0.2, 0) is 6.61 Å². The summed E-state index contributed by atoms with van der Waals surface area (Å²) in [5.74, 6) is 1.55. The first-order valence-corrected chi connectivity index (χ1v) is 8.91. The van der Waals surface area contributed by atoms with Crippen molar-refractivity contribution in [3.8, 4) is 17.2 Å². The fraction of sp³-hybridized carbons (Fsp3) is 0.125. The fourth-order valence-electron chi connectivity index (χ4n) is 2.74. The Labute approximate surface area is 165 Å². The molecule has 0 aliphatic rings. The highest BCUT2D eigenvalue weighted by Crippen LogP contribution is 2.39. The van der Waals surface area contributed by atoms with Gasteiger partial charge in [0.25, 0.3) is 0 Å². The average Bonchev–Trinajstić information content (AvgIpc) is 2.77. The van der Waals surface area contributed by atoms with Crippen LogP contribution in [-0.4, -0.2) is 20.0 Å². The zero-order chi connectivity index (χ0) is 19.8. The Morgan fingerprint density at radius 3 is 2.00 bits per heavy atom. The molecule has 0 bridgehead atoms. The monoisotopic (exact) mass is 374 g/mol. The van der Waals surface area contributed by atoms with Crippen LogP contribution in [0.4, 0.5) is 0 Å². The Kier molecular flexibility index (Phi) is 6.47. The van der Waals surface area contributed by atoms with Gasteiger partial charge < -0.3 is 14.2 Å². The topological polar surface area (TPSA) is 44.8 Å². The lowest BCUT2D eigenvalue weighted by Gasteiger charge is -2.15. The summed E-state index contributed by atoms with van der Waals surface area (Å²) in [5.41, 5.74) is 2.47. The minimum Gasteiger partial charge on any atom is -0.493 e. The number of rotatable bonds is 8. The Morgan fingerprint density at radius 2 is 1.43 bits per heavy atom. The van der Waals surface area contributed by atoms with E-state index in [9.17, 15) is 4.79 Å². The van der Waals surface area contributed by atoms with Crippen LogP contribution >= 0.6 is 0 Å². The molecule has 4 heteroatoms. The van der Waals surface area contributed by atoms with Crippen LogP contribution in [0.15, 0.2) is 78.9 Å². The number of carbonyl (C=O) groups is 1. The van der Waals surface area contributed by atoms with Crippen LogP contribution in [0.2, 0.25) is 0 Å². The molecule has 0 spiro atoms. The second-order valence-corrected chi connectivity index (χ2v) is 6.09. The molecule has 0 saturated heterocycles. The first-order chi connectivity index (χ1) is 13.7. The van der Waals surface area contributed by atoms with E-state index in [1.54, 1.807) is 32.4 Å². The summed E-state index contributed by atoms with van der Waals surface area (Å²) in [4.78, 5) is 12.3. The van der Waals surface area contributed by atoms with E-state index in [1.165, 1.54) is 6.08 Å². The molecule has 0 radical (unpaired) electrons. The summed E-state index contributed by atoms with van der Waals surface area (Å²) in [6, 6.07) is 22.6. The third kappa shape index (κ3) is 4.80. The molecule has 142 valence electrons. The van der Waals surface area contributed by atoms with E-state index < -0.39 is 0 Å². The molecular formula is C24H22O4. The summed E-state index contributed by atoms with van der Waals surface area (Å²) < 4.78 is 16.9. The van der Waals surface area contributed by atoms with Crippen molar-refractivity contribution in [3.63, 3.8) is 0 Å². The van der Waals surface area contributed by atoms with E-state index in [2.05, 4.69) is 0 Å². The largest absolute Gasteiger partial charge is 0.493 e. The summed E-state index contributed by atoms with van der Waals surface area (Å²) in [6.45, 7) is 0.398. The van der Waals surface area contributed by atoms with Gasteiger partial charge >= 0.3 is 0 Å². The standard InChI is InChI=1S/C24H22O4/c1-26-22-15-19(13-14-21(25)20-11-7-4-8-12-20)16-23(27-2)24(22)28-17-18-9-5-3-6-10-18/h3-16H,17H2,1-2H3/b14-13+. The van der Waals surface area contributed by atoms with Crippen molar-refractivity contribution in [2.75, 3.05) is 14.2 Å². The maximum Gasteiger partial charge on any atom is 0.203 e. The molecule has 0 heterocycles. The molecule has 0 fully saturated rings. The van der Waals surface area contributed by atoms with E-state index in [0.717, 1.165) is 11.1 Å². The van der Waals surface area contributed by atoms with Crippen molar-refractivity contribution in [1.29, 1.82) is 0 Å². The first-order valence-electron chi connectivity index (χ1n) is 8.91. The van der Waals surface area contributed by atoms with Crippen molar-refractivity contribution in [2.45, 2.75) is 6.61 Å². The molecule has 3 aromatic rings. The van der Waals surface area contributed by atoms with E-state index in [0.29, 0.717) is 29.4 Å². The molecule has 0 saturated carbocycles. The quantitative estimate of drug-likeness (QED) is 0.403. The van der Waals surface area contributed by atoms with Crippen LogP contribution in [0, 0.1) is 0 Å². The second-order valence-electron chi connectivity index (χ2n) is 6.09. The molecule has 0 amide bonds. The van der Waals surface area contributed by atoms with Crippen LogP contribution < -0.4 is 14.2 Å². The van der Waals surface area contributed by atoms with Gasteiger partial charge in [-0.2, -0.15) is 0 Å². The molecule has 3 aromatic carbocycles. The second kappa shape index (κ2) is 9.42. The Morgan fingerprint density at radius 1 is 0.857 bits per heavy atom. The number of hydrogen-bond donors (Lipinski definition) is 0. The first kappa shape index (κ1) is 19.2. The molecule has 3 rings (SSSR count). The molecule has 4 nitrogen and oxygen atoms in total. The van der Waals surface area contributed by atoms with Gasteiger partial charge in [0.05, 0.1) is 14.2 Å². The van der Waals surface area contributed by atoms with Crippen molar-refractivity contribution >= 4 is 11.9 Å². The lowest BCUT2D eigenvalue weighted by molar-refractivity contribution is 0.104. The Bertz CT molecular complexity index is 922. The third-order valence-electron chi connectivity index (χ3n) is 4.19. The Balaban J connectivity index is 1.82. The van der Waals surface area contributed by atoms with Crippen LogP contribution in [0.25, 0.3) is 6.08 Å². The SMILES string of the molecule is COc1cc(/C=C/C(=O)c2ccccc2)cc(OC)c1OCc1ccccc1. The van der Waals surface area contributed by atoms with Gasteiger partial charge in [0.2, 0.25) is 5.75 Å². The molecule has 0 unspecified atom stereocenters. The number of hydrogen-bond acceptors (Lipinski definition) is 4. The predicted octanol–water partition coefficient (Wildman–Crippen LogP) is 5.18. The highest BCUT2D eigenvalue weighted by Gasteiger charge is 2.14. The predicted molar refractivity (Wildman–Crippen MR) is 110 cm³/mol. The normalized spacial score (nSPS) is 10.6. The number of benzene rings is 3. The lowest BCUT2D eigenvalue weighted by atomic mass is 10.1. The maximum atomic E-state index is 12.3. The summed E-state index contributed by atoms with van der Waals surface area (Å²) >= 11 is 0. The zero-order valence-electron chi connectivity index (χ0n) is 15.9. The summed E-state index contributed by atoms with van der Waals surface area (Å²) in [5, 5.41) is 0. The van der Waals surface area contributed by atoms with Crippen molar-refractivity contribution < 1.29 is 19.0 Å². The van der Waals surface area contributed by atoms with E-state index >= 15 is 0 Å². The number of ketones is 1. The van der Waals surface area contributed by atoms with Crippen molar-refractivity contribution in [3.05, 3.63) is 95.6 Å². The highest BCUT2D eigenvalue weighted by molar-refractivity contribution is 6.06.